The Morgan fingerprint density at radius 1 is 1.24 bits per heavy atom. The SMILES string of the molecule is CCNC(c1cscc1Br)c1cccc(C(F)(F)F)c1F. The van der Waals surface area contributed by atoms with E-state index in [2.05, 4.69) is 21.2 Å². The van der Waals surface area contributed by atoms with Crippen molar-refractivity contribution in [3.05, 3.63) is 55.9 Å². The van der Waals surface area contributed by atoms with Gasteiger partial charge in [-0.15, -0.1) is 0 Å². The van der Waals surface area contributed by atoms with Crippen LogP contribution in [0.3, 0.4) is 0 Å². The molecule has 0 radical (unpaired) electrons. The van der Waals surface area contributed by atoms with Gasteiger partial charge in [-0.3, -0.25) is 0 Å². The standard InChI is InChI=1S/C14H12BrF4NS/c1-2-20-13(9-6-21-7-11(9)15)8-4-3-5-10(12(8)16)14(17,18)19/h3-7,13,20H,2H2,1H3. The minimum absolute atomic E-state index is 0.00854. The number of rotatable bonds is 4. The lowest BCUT2D eigenvalue weighted by atomic mass is 9.98. The molecule has 2 rings (SSSR count). The largest absolute Gasteiger partial charge is 0.419 e. The zero-order valence-electron chi connectivity index (χ0n) is 11.0. The maximum atomic E-state index is 14.3. The van der Waals surface area contributed by atoms with Crippen molar-refractivity contribution >= 4 is 27.3 Å². The van der Waals surface area contributed by atoms with Crippen molar-refractivity contribution < 1.29 is 17.6 Å². The van der Waals surface area contributed by atoms with Crippen LogP contribution in [0.15, 0.2) is 33.4 Å². The van der Waals surface area contributed by atoms with Crippen LogP contribution in [0.4, 0.5) is 17.6 Å². The molecule has 1 aromatic heterocycles. The van der Waals surface area contributed by atoms with E-state index in [1.165, 1.54) is 23.5 Å². The third-order valence-electron chi connectivity index (χ3n) is 3.01. The first-order valence-corrected chi connectivity index (χ1v) is 7.90. The van der Waals surface area contributed by atoms with Crippen molar-refractivity contribution in [2.75, 3.05) is 6.54 Å². The Kier molecular flexibility index (Phi) is 5.06. The van der Waals surface area contributed by atoms with Gasteiger partial charge in [0.25, 0.3) is 0 Å². The van der Waals surface area contributed by atoms with Crippen LogP contribution in [-0.2, 0) is 6.18 Å². The molecule has 1 aromatic carbocycles. The first-order chi connectivity index (χ1) is 9.86. The molecular weight excluding hydrogens is 370 g/mol. The summed E-state index contributed by atoms with van der Waals surface area (Å²) in [5, 5.41) is 6.63. The fraction of sp³-hybridized carbons (Fsp3) is 0.286. The summed E-state index contributed by atoms with van der Waals surface area (Å²) >= 11 is 4.74. The Bertz CT molecular complexity index is 624. The van der Waals surface area contributed by atoms with E-state index in [-0.39, 0.29) is 5.56 Å². The maximum absolute atomic E-state index is 14.3. The first kappa shape index (κ1) is 16.5. The van der Waals surface area contributed by atoms with E-state index < -0.39 is 23.6 Å². The Morgan fingerprint density at radius 2 is 1.95 bits per heavy atom. The fourth-order valence-corrected chi connectivity index (χ4v) is 3.63. The smallest absolute Gasteiger partial charge is 0.306 e. The molecule has 1 N–H and O–H groups in total. The molecule has 1 heterocycles. The molecule has 0 aliphatic heterocycles. The van der Waals surface area contributed by atoms with Gasteiger partial charge in [0.05, 0.1) is 11.6 Å². The zero-order valence-corrected chi connectivity index (χ0v) is 13.4. The number of hydrogen-bond donors (Lipinski definition) is 1. The Hall–Kier alpha value is -0.920. The van der Waals surface area contributed by atoms with Gasteiger partial charge in [0.2, 0.25) is 0 Å². The average molecular weight is 382 g/mol. The molecule has 0 aliphatic carbocycles. The molecule has 0 aliphatic rings. The van der Waals surface area contributed by atoms with Crippen LogP contribution in [0.25, 0.3) is 0 Å². The third-order valence-corrected chi connectivity index (χ3v) is 4.76. The third kappa shape index (κ3) is 3.46. The molecular formula is C14H12BrF4NS. The summed E-state index contributed by atoms with van der Waals surface area (Å²) in [4.78, 5) is 0. The number of thiophene rings is 1. The van der Waals surface area contributed by atoms with Crippen molar-refractivity contribution in [1.29, 1.82) is 0 Å². The average Bonchev–Trinajstić information content (AvgIpc) is 2.81. The molecule has 1 nitrogen and oxygen atoms in total. The second-order valence-corrected chi connectivity index (χ2v) is 5.97. The molecule has 0 bridgehead atoms. The highest BCUT2D eigenvalue weighted by atomic mass is 79.9. The highest BCUT2D eigenvalue weighted by Gasteiger charge is 2.36. The fourth-order valence-electron chi connectivity index (χ4n) is 2.08. The van der Waals surface area contributed by atoms with Crippen LogP contribution in [0.2, 0.25) is 0 Å². The van der Waals surface area contributed by atoms with Crippen molar-refractivity contribution in [2.24, 2.45) is 0 Å². The van der Waals surface area contributed by atoms with E-state index in [1.807, 2.05) is 12.3 Å². The van der Waals surface area contributed by atoms with Crippen LogP contribution in [0, 0.1) is 5.82 Å². The number of halogens is 5. The maximum Gasteiger partial charge on any atom is 0.419 e. The van der Waals surface area contributed by atoms with Crippen molar-refractivity contribution in [3.63, 3.8) is 0 Å². The van der Waals surface area contributed by atoms with Gasteiger partial charge >= 0.3 is 6.18 Å². The number of alkyl halides is 3. The molecule has 0 fully saturated rings. The van der Waals surface area contributed by atoms with Crippen molar-refractivity contribution in [1.82, 2.24) is 5.32 Å². The monoisotopic (exact) mass is 381 g/mol. The van der Waals surface area contributed by atoms with E-state index in [0.717, 1.165) is 16.1 Å². The lowest BCUT2D eigenvalue weighted by Gasteiger charge is -2.20. The zero-order chi connectivity index (χ0) is 15.6. The highest BCUT2D eigenvalue weighted by molar-refractivity contribution is 9.10. The summed E-state index contributed by atoms with van der Waals surface area (Å²) in [6.07, 6.45) is -4.71. The molecule has 1 unspecified atom stereocenters. The second kappa shape index (κ2) is 6.46. The minimum atomic E-state index is -4.71. The van der Waals surface area contributed by atoms with Gasteiger partial charge in [0.15, 0.2) is 0 Å². The van der Waals surface area contributed by atoms with Gasteiger partial charge in [-0.05, 0) is 39.5 Å². The summed E-state index contributed by atoms with van der Waals surface area (Å²) in [5.74, 6) is -1.23. The molecule has 2 aromatic rings. The Labute approximate surface area is 132 Å². The quantitative estimate of drug-likeness (QED) is 0.702. The Morgan fingerprint density at radius 3 is 2.48 bits per heavy atom. The summed E-state index contributed by atoms with van der Waals surface area (Å²) in [5.41, 5.74) is -0.528. The van der Waals surface area contributed by atoms with Crippen molar-refractivity contribution in [2.45, 2.75) is 19.1 Å². The van der Waals surface area contributed by atoms with Gasteiger partial charge < -0.3 is 5.32 Å². The molecule has 114 valence electrons. The van der Waals surface area contributed by atoms with E-state index in [4.69, 9.17) is 0 Å². The Balaban J connectivity index is 2.54. The van der Waals surface area contributed by atoms with E-state index in [9.17, 15) is 17.6 Å². The lowest BCUT2D eigenvalue weighted by molar-refractivity contribution is -0.140. The molecule has 7 heteroatoms. The highest BCUT2D eigenvalue weighted by Crippen LogP contribution is 2.37. The normalized spacial score (nSPS) is 13.4. The predicted molar refractivity (Wildman–Crippen MR) is 78.9 cm³/mol. The first-order valence-electron chi connectivity index (χ1n) is 6.16. The summed E-state index contributed by atoms with van der Waals surface area (Å²) in [6.45, 7) is 2.32. The van der Waals surface area contributed by atoms with Gasteiger partial charge in [-0.2, -0.15) is 24.5 Å². The van der Waals surface area contributed by atoms with Crippen molar-refractivity contribution in [3.8, 4) is 0 Å². The predicted octanol–water partition coefficient (Wildman–Crippen LogP) is 5.37. The molecule has 1 atom stereocenters. The van der Waals surface area contributed by atoms with Crippen LogP contribution in [0.1, 0.15) is 29.7 Å². The van der Waals surface area contributed by atoms with Crippen LogP contribution >= 0.6 is 27.3 Å². The topological polar surface area (TPSA) is 12.0 Å². The van der Waals surface area contributed by atoms with Gasteiger partial charge in [0, 0.05) is 15.4 Å². The molecule has 0 spiro atoms. The number of hydrogen-bond acceptors (Lipinski definition) is 2. The van der Waals surface area contributed by atoms with Crippen LogP contribution in [0.5, 0.6) is 0 Å². The van der Waals surface area contributed by atoms with E-state index >= 15 is 0 Å². The van der Waals surface area contributed by atoms with Crippen LogP contribution < -0.4 is 5.32 Å². The van der Waals surface area contributed by atoms with Crippen LogP contribution in [-0.4, -0.2) is 6.54 Å². The number of benzene rings is 1. The molecule has 0 amide bonds. The van der Waals surface area contributed by atoms with E-state index in [0.29, 0.717) is 6.54 Å². The summed E-state index contributed by atoms with van der Waals surface area (Å²) < 4.78 is 53.5. The van der Waals surface area contributed by atoms with Gasteiger partial charge in [-0.25, -0.2) is 4.39 Å². The summed E-state index contributed by atoms with van der Waals surface area (Å²) in [6, 6.07) is 2.73. The minimum Gasteiger partial charge on any atom is -0.306 e. The van der Waals surface area contributed by atoms with Gasteiger partial charge in [-0.1, -0.05) is 19.1 Å². The molecule has 21 heavy (non-hydrogen) atoms. The number of nitrogens with one attached hydrogen (secondary N) is 1. The van der Waals surface area contributed by atoms with E-state index in [1.54, 1.807) is 5.38 Å². The van der Waals surface area contributed by atoms with Gasteiger partial charge in [0.1, 0.15) is 5.82 Å². The summed E-state index contributed by atoms with van der Waals surface area (Å²) in [7, 11) is 0. The molecule has 0 saturated carbocycles. The molecule has 0 saturated heterocycles. The second-order valence-electron chi connectivity index (χ2n) is 4.37. The lowest BCUT2D eigenvalue weighted by Crippen LogP contribution is -2.24.